The first-order valence-corrected chi connectivity index (χ1v) is 7.53. The Hall–Kier alpha value is -1.30. The normalized spacial score (nSPS) is 12.2. The van der Waals surface area contributed by atoms with E-state index in [0.717, 1.165) is 6.42 Å². The summed E-state index contributed by atoms with van der Waals surface area (Å²) in [5.41, 5.74) is 0.416. The van der Waals surface area contributed by atoms with E-state index in [1.165, 1.54) is 17.0 Å². The lowest BCUT2D eigenvalue weighted by atomic mass is 10.2. The zero-order valence-corrected chi connectivity index (χ0v) is 12.9. The van der Waals surface area contributed by atoms with E-state index in [1.54, 1.807) is 11.3 Å². The summed E-state index contributed by atoms with van der Waals surface area (Å²) in [7, 11) is 0. The Bertz CT molecular complexity index is 594. The summed E-state index contributed by atoms with van der Waals surface area (Å²) in [5, 5.41) is 16.4. The van der Waals surface area contributed by atoms with Crippen LogP contribution in [0.2, 0.25) is 10.0 Å². The minimum atomic E-state index is -0.517. The monoisotopic (exact) mass is 330 g/mol. The van der Waals surface area contributed by atoms with E-state index in [-0.39, 0.29) is 21.8 Å². The van der Waals surface area contributed by atoms with E-state index >= 15 is 0 Å². The Morgan fingerprint density at radius 3 is 2.55 bits per heavy atom. The van der Waals surface area contributed by atoms with Crippen molar-refractivity contribution in [3.8, 4) is 0 Å². The van der Waals surface area contributed by atoms with Crippen molar-refractivity contribution in [1.82, 2.24) is 0 Å². The van der Waals surface area contributed by atoms with Gasteiger partial charge in [-0.15, -0.1) is 11.3 Å². The maximum absolute atomic E-state index is 10.7. The van der Waals surface area contributed by atoms with Gasteiger partial charge in [0.1, 0.15) is 0 Å². The lowest BCUT2D eigenvalue weighted by Crippen LogP contribution is -2.18. The van der Waals surface area contributed by atoms with Gasteiger partial charge in [-0.25, -0.2) is 0 Å². The van der Waals surface area contributed by atoms with Crippen LogP contribution in [-0.4, -0.2) is 11.0 Å². The number of non-ortho nitro benzene ring substituents is 1. The van der Waals surface area contributed by atoms with Gasteiger partial charge in [-0.1, -0.05) is 29.3 Å². The van der Waals surface area contributed by atoms with Gasteiger partial charge in [-0.3, -0.25) is 10.1 Å². The second kappa shape index (κ2) is 6.43. The Balaban J connectivity index is 2.14. The molecule has 0 aliphatic heterocycles. The van der Waals surface area contributed by atoms with Gasteiger partial charge in [0, 0.05) is 29.5 Å². The molecule has 7 heteroatoms. The van der Waals surface area contributed by atoms with Crippen molar-refractivity contribution in [2.75, 3.05) is 5.32 Å². The van der Waals surface area contributed by atoms with Gasteiger partial charge < -0.3 is 5.32 Å². The summed E-state index contributed by atoms with van der Waals surface area (Å²) >= 11 is 13.8. The molecule has 0 aliphatic rings. The van der Waals surface area contributed by atoms with Gasteiger partial charge in [0.2, 0.25) is 0 Å². The Morgan fingerprint density at radius 2 is 2.05 bits per heavy atom. The Morgan fingerprint density at radius 1 is 1.40 bits per heavy atom. The summed E-state index contributed by atoms with van der Waals surface area (Å²) in [6.45, 7) is 2.01. The largest absolute Gasteiger partial charge is 0.380 e. The number of nitro groups is 1. The van der Waals surface area contributed by atoms with Gasteiger partial charge in [-0.2, -0.15) is 0 Å². The van der Waals surface area contributed by atoms with Crippen molar-refractivity contribution in [1.29, 1.82) is 0 Å². The van der Waals surface area contributed by atoms with Gasteiger partial charge in [0.15, 0.2) is 0 Å². The molecule has 0 fully saturated rings. The van der Waals surface area contributed by atoms with E-state index in [9.17, 15) is 10.1 Å². The van der Waals surface area contributed by atoms with Crippen LogP contribution < -0.4 is 5.32 Å². The van der Waals surface area contributed by atoms with Crippen molar-refractivity contribution < 1.29 is 4.92 Å². The number of nitro benzene ring substituents is 1. The van der Waals surface area contributed by atoms with Crippen LogP contribution in [0.1, 0.15) is 11.8 Å². The van der Waals surface area contributed by atoms with Crippen molar-refractivity contribution in [2.45, 2.75) is 19.4 Å². The van der Waals surface area contributed by atoms with Crippen LogP contribution in [0.3, 0.4) is 0 Å². The lowest BCUT2D eigenvalue weighted by molar-refractivity contribution is -0.384. The van der Waals surface area contributed by atoms with Crippen LogP contribution in [0.15, 0.2) is 29.6 Å². The SMILES string of the molecule is CC(Cc1cccs1)Nc1c(Cl)cc([N+](=O)[O-])cc1Cl. The second-order valence-corrected chi connectivity index (χ2v) is 6.22. The van der Waals surface area contributed by atoms with Gasteiger partial charge in [-0.05, 0) is 18.4 Å². The number of nitrogens with zero attached hydrogens (tertiary/aromatic N) is 1. The van der Waals surface area contributed by atoms with Crippen LogP contribution in [0, 0.1) is 10.1 Å². The fourth-order valence-corrected chi connectivity index (χ4v) is 3.25. The van der Waals surface area contributed by atoms with E-state index in [1.807, 2.05) is 18.4 Å². The number of rotatable bonds is 5. The Kier molecular flexibility index (Phi) is 4.86. The summed E-state index contributed by atoms with van der Waals surface area (Å²) < 4.78 is 0. The summed E-state index contributed by atoms with van der Waals surface area (Å²) in [4.78, 5) is 11.5. The molecule has 1 aromatic heterocycles. The topological polar surface area (TPSA) is 55.2 Å². The maximum Gasteiger partial charge on any atom is 0.272 e. The number of nitrogens with one attached hydrogen (secondary N) is 1. The molecule has 2 rings (SSSR count). The van der Waals surface area contributed by atoms with E-state index in [0.29, 0.717) is 5.69 Å². The molecule has 2 aromatic rings. The van der Waals surface area contributed by atoms with Crippen LogP contribution >= 0.6 is 34.5 Å². The molecule has 1 unspecified atom stereocenters. The van der Waals surface area contributed by atoms with Crippen molar-refractivity contribution >= 4 is 45.9 Å². The quantitative estimate of drug-likeness (QED) is 0.619. The van der Waals surface area contributed by atoms with Crippen LogP contribution in [0.4, 0.5) is 11.4 Å². The summed E-state index contributed by atoms with van der Waals surface area (Å²) in [6, 6.07) is 6.77. The minimum Gasteiger partial charge on any atom is -0.380 e. The van der Waals surface area contributed by atoms with Crippen LogP contribution in [0.25, 0.3) is 0 Å². The third kappa shape index (κ3) is 3.62. The molecule has 0 spiro atoms. The molecule has 1 aromatic carbocycles. The average Bonchev–Trinajstić information content (AvgIpc) is 2.86. The number of halogens is 2. The molecule has 0 radical (unpaired) electrons. The average molecular weight is 331 g/mol. The molecule has 1 heterocycles. The first-order chi connectivity index (χ1) is 9.47. The maximum atomic E-state index is 10.7. The molecule has 106 valence electrons. The second-order valence-electron chi connectivity index (χ2n) is 4.37. The van der Waals surface area contributed by atoms with E-state index in [4.69, 9.17) is 23.2 Å². The van der Waals surface area contributed by atoms with E-state index < -0.39 is 4.92 Å². The third-order valence-corrected chi connectivity index (χ3v) is 4.21. The highest BCUT2D eigenvalue weighted by molar-refractivity contribution is 7.09. The zero-order chi connectivity index (χ0) is 14.7. The van der Waals surface area contributed by atoms with Gasteiger partial charge in [0.05, 0.1) is 20.7 Å². The van der Waals surface area contributed by atoms with Crippen molar-refractivity contribution in [2.24, 2.45) is 0 Å². The molecule has 0 saturated heterocycles. The number of anilines is 1. The summed E-state index contributed by atoms with van der Waals surface area (Å²) in [6.07, 6.45) is 0.835. The smallest absolute Gasteiger partial charge is 0.272 e. The highest BCUT2D eigenvalue weighted by Crippen LogP contribution is 2.35. The molecule has 1 atom stereocenters. The predicted octanol–water partition coefficient (Wildman–Crippen LogP) is 5.01. The van der Waals surface area contributed by atoms with Gasteiger partial charge in [0.25, 0.3) is 5.69 Å². The number of hydrogen-bond donors (Lipinski definition) is 1. The third-order valence-electron chi connectivity index (χ3n) is 2.72. The van der Waals surface area contributed by atoms with E-state index in [2.05, 4.69) is 11.4 Å². The first-order valence-electron chi connectivity index (χ1n) is 5.89. The molecular weight excluding hydrogens is 319 g/mol. The molecule has 4 nitrogen and oxygen atoms in total. The first kappa shape index (κ1) is 15.1. The molecule has 0 amide bonds. The molecule has 0 aliphatic carbocycles. The lowest BCUT2D eigenvalue weighted by Gasteiger charge is -2.16. The van der Waals surface area contributed by atoms with Crippen LogP contribution in [-0.2, 0) is 6.42 Å². The fraction of sp³-hybridized carbons (Fsp3) is 0.231. The predicted molar refractivity (Wildman–Crippen MR) is 84.2 cm³/mol. The van der Waals surface area contributed by atoms with Crippen molar-refractivity contribution in [3.05, 3.63) is 54.7 Å². The number of thiophene rings is 1. The number of benzene rings is 1. The minimum absolute atomic E-state index is 0.114. The molecular formula is C13H12Cl2N2O2S. The summed E-state index contributed by atoms with van der Waals surface area (Å²) in [5.74, 6) is 0. The van der Waals surface area contributed by atoms with Crippen molar-refractivity contribution in [3.63, 3.8) is 0 Å². The fourth-order valence-electron chi connectivity index (χ4n) is 1.83. The Labute approximate surface area is 130 Å². The standard InChI is InChI=1S/C13H12Cl2N2O2S/c1-8(5-10-3-2-4-20-10)16-13-11(14)6-9(17(18)19)7-12(13)15/h2-4,6-8,16H,5H2,1H3. The number of hydrogen-bond acceptors (Lipinski definition) is 4. The highest BCUT2D eigenvalue weighted by Gasteiger charge is 2.16. The van der Waals surface area contributed by atoms with Gasteiger partial charge >= 0.3 is 0 Å². The zero-order valence-electron chi connectivity index (χ0n) is 10.6. The molecule has 20 heavy (non-hydrogen) atoms. The van der Waals surface area contributed by atoms with Crippen LogP contribution in [0.5, 0.6) is 0 Å². The molecule has 0 saturated carbocycles. The molecule has 1 N–H and O–H groups in total. The highest BCUT2D eigenvalue weighted by atomic mass is 35.5. The molecule has 0 bridgehead atoms.